The van der Waals surface area contributed by atoms with Gasteiger partial charge in [-0.2, -0.15) is 9.61 Å². The number of aromatic nitrogens is 3. The molecule has 2 aromatic rings. The van der Waals surface area contributed by atoms with Crippen LogP contribution in [0.2, 0.25) is 0 Å². The zero-order chi connectivity index (χ0) is 20.1. The third kappa shape index (κ3) is 2.98. The molecule has 3 aliphatic rings. The highest BCUT2D eigenvalue weighted by Crippen LogP contribution is 2.29. The average molecular weight is 399 g/mol. The second-order valence-electron chi connectivity index (χ2n) is 8.16. The lowest BCUT2D eigenvalue weighted by molar-refractivity contribution is -0.134. The van der Waals surface area contributed by atoms with Crippen LogP contribution in [0.25, 0.3) is 5.65 Å². The molecule has 29 heavy (non-hydrogen) atoms. The van der Waals surface area contributed by atoms with E-state index in [1.807, 2.05) is 11.0 Å². The smallest absolute Gasteiger partial charge is 0.259 e. The Morgan fingerprint density at radius 3 is 2.86 bits per heavy atom. The summed E-state index contributed by atoms with van der Waals surface area (Å²) in [5, 5.41) is 20.8. The van der Waals surface area contributed by atoms with E-state index < -0.39 is 0 Å². The van der Waals surface area contributed by atoms with Crippen molar-refractivity contribution in [2.24, 2.45) is 11.8 Å². The molecule has 5 rings (SSSR count). The summed E-state index contributed by atoms with van der Waals surface area (Å²) in [6, 6.07) is 1.95. The molecule has 3 N–H and O–H groups in total. The van der Waals surface area contributed by atoms with Gasteiger partial charge in [-0.25, -0.2) is 4.98 Å². The first-order chi connectivity index (χ1) is 14.1. The molecule has 2 amide bonds. The molecule has 0 radical (unpaired) electrons. The lowest BCUT2D eigenvalue weighted by atomic mass is 9.94. The SMILES string of the molecule is CNc1cc2nc3c(cnn13)C(=O)N1CC(CN3CC(CCC3=O)N2)[C@H](CO)C1. The second-order valence-corrected chi connectivity index (χ2v) is 8.16. The maximum atomic E-state index is 13.3. The van der Waals surface area contributed by atoms with Crippen molar-refractivity contribution in [2.75, 3.05) is 50.5 Å². The summed E-state index contributed by atoms with van der Waals surface area (Å²) in [5.41, 5.74) is 0.942. The van der Waals surface area contributed by atoms with Gasteiger partial charge in [0.2, 0.25) is 5.91 Å². The van der Waals surface area contributed by atoms with Gasteiger partial charge in [-0.15, -0.1) is 0 Å². The Bertz CT molecular complexity index is 974. The van der Waals surface area contributed by atoms with Crippen LogP contribution < -0.4 is 10.6 Å². The Hall–Kier alpha value is -2.88. The van der Waals surface area contributed by atoms with Gasteiger partial charge in [0.05, 0.1) is 6.20 Å². The zero-order valence-electron chi connectivity index (χ0n) is 16.3. The van der Waals surface area contributed by atoms with Gasteiger partial charge in [0.1, 0.15) is 17.2 Å². The minimum atomic E-state index is -0.142. The number of anilines is 2. The van der Waals surface area contributed by atoms with Gasteiger partial charge >= 0.3 is 0 Å². The summed E-state index contributed by atoms with van der Waals surface area (Å²) in [6.45, 7) is 2.14. The Balaban J connectivity index is 1.62. The van der Waals surface area contributed by atoms with Crippen LogP contribution in [-0.4, -0.2) is 87.2 Å². The molecule has 0 saturated carbocycles. The molecule has 6 bridgehead atoms. The molecule has 10 nitrogen and oxygen atoms in total. The first-order valence-electron chi connectivity index (χ1n) is 10.1. The van der Waals surface area contributed by atoms with E-state index in [1.54, 1.807) is 22.7 Å². The highest BCUT2D eigenvalue weighted by atomic mass is 16.3. The number of amides is 2. The normalized spacial score (nSPS) is 26.9. The van der Waals surface area contributed by atoms with Gasteiger partial charge < -0.3 is 25.5 Å². The van der Waals surface area contributed by atoms with Gasteiger partial charge in [-0.05, 0) is 6.42 Å². The fourth-order valence-corrected chi connectivity index (χ4v) is 4.76. The minimum absolute atomic E-state index is 0.000777. The van der Waals surface area contributed by atoms with E-state index in [2.05, 4.69) is 20.7 Å². The number of carbonyl (C=O) groups excluding carboxylic acids is 2. The van der Waals surface area contributed by atoms with Crippen molar-refractivity contribution in [3.8, 4) is 0 Å². The fourth-order valence-electron chi connectivity index (χ4n) is 4.76. The van der Waals surface area contributed by atoms with Crippen LogP contribution in [0.15, 0.2) is 12.3 Å². The van der Waals surface area contributed by atoms with Crippen LogP contribution in [0, 0.1) is 11.8 Å². The molecule has 154 valence electrons. The molecule has 3 atom stereocenters. The average Bonchev–Trinajstić information content (AvgIpc) is 3.33. The van der Waals surface area contributed by atoms with Gasteiger partial charge in [-0.1, -0.05) is 0 Å². The number of hydrogen-bond acceptors (Lipinski definition) is 7. The van der Waals surface area contributed by atoms with Crippen LogP contribution in [-0.2, 0) is 4.79 Å². The van der Waals surface area contributed by atoms with Crippen LogP contribution in [0.3, 0.4) is 0 Å². The molecule has 0 aromatic carbocycles. The summed E-state index contributed by atoms with van der Waals surface area (Å²) in [7, 11) is 1.80. The molecule has 2 aromatic heterocycles. The molecular formula is C19H25N7O3. The van der Waals surface area contributed by atoms with E-state index in [4.69, 9.17) is 0 Å². The molecule has 2 fully saturated rings. The monoisotopic (exact) mass is 399 g/mol. The summed E-state index contributed by atoms with van der Waals surface area (Å²) >= 11 is 0. The summed E-state index contributed by atoms with van der Waals surface area (Å²) in [4.78, 5) is 34.1. The maximum absolute atomic E-state index is 13.3. The molecule has 3 aliphatic heterocycles. The number of fused-ring (bicyclic) bond motifs is 5. The van der Waals surface area contributed by atoms with Crippen LogP contribution in [0.5, 0.6) is 0 Å². The predicted octanol–water partition coefficient (Wildman–Crippen LogP) is -0.132. The predicted molar refractivity (Wildman–Crippen MR) is 106 cm³/mol. The Labute approximate surface area is 167 Å². The maximum Gasteiger partial charge on any atom is 0.259 e. The van der Waals surface area contributed by atoms with E-state index in [0.717, 1.165) is 12.2 Å². The van der Waals surface area contributed by atoms with Crippen molar-refractivity contribution < 1.29 is 14.7 Å². The number of carbonyl (C=O) groups is 2. The third-order valence-electron chi connectivity index (χ3n) is 6.36. The first kappa shape index (κ1) is 18.2. The Morgan fingerprint density at radius 2 is 2.07 bits per heavy atom. The first-order valence-corrected chi connectivity index (χ1v) is 10.1. The Morgan fingerprint density at radius 1 is 1.24 bits per heavy atom. The van der Waals surface area contributed by atoms with Gasteiger partial charge in [0, 0.05) is 70.2 Å². The van der Waals surface area contributed by atoms with E-state index in [-0.39, 0.29) is 36.3 Å². The van der Waals surface area contributed by atoms with Crippen molar-refractivity contribution in [3.05, 3.63) is 17.8 Å². The van der Waals surface area contributed by atoms with Crippen LogP contribution in [0.4, 0.5) is 11.6 Å². The number of nitrogens with zero attached hydrogens (tertiary/aromatic N) is 5. The number of hydrogen-bond donors (Lipinski definition) is 3. The quantitative estimate of drug-likeness (QED) is 0.644. The highest BCUT2D eigenvalue weighted by molar-refractivity contribution is 6.00. The van der Waals surface area contributed by atoms with E-state index in [1.165, 1.54) is 0 Å². The van der Waals surface area contributed by atoms with Gasteiger partial charge in [0.25, 0.3) is 5.91 Å². The van der Waals surface area contributed by atoms with Gasteiger partial charge in [0.15, 0.2) is 5.65 Å². The summed E-state index contributed by atoms with van der Waals surface area (Å²) in [5.74, 6) is 1.39. The van der Waals surface area contributed by atoms with Gasteiger partial charge in [-0.3, -0.25) is 9.59 Å². The van der Waals surface area contributed by atoms with E-state index in [0.29, 0.717) is 49.6 Å². The van der Waals surface area contributed by atoms with Crippen LogP contribution in [0.1, 0.15) is 23.2 Å². The van der Waals surface area contributed by atoms with E-state index >= 15 is 0 Å². The van der Waals surface area contributed by atoms with Crippen molar-refractivity contribution >= 4 is 29.1 Å². The summed E-state index contributed by atoms with van der Waals surface area (Å²) < 4.78 is 1.63. The van der Waals surface area contributed by atoms with Crippen molar-refractivity contribution in [2.45, 2.75) is 18.9 Å². The van der Waals surface area contributed by atoms with Crippen molar-refractivity contribution in [1.29, 1.82) is 0 Å². The molecular weight excluding hydrogens is 374 g/mol. The lowest BCUT2D eigenvalue weighted by Gasteiger charge is -2.35. The standard InChI is InChI=1S/C19H25N7O3/c1-20-16-4-15-22-13-2-3-17(28)24(9-13)6-11-7-25(8-12(11)10-27)19(29)14-5-21-26(16)18(14)23-15/h4-5,11-13,20,27H,2-3,6-10H2,1H3,(H,22,23)/t11?,12-,13?/m0/s1. The summed E-state index contributed by atoms with van der Waals surface area (Å²) in [6.07, 6.45) is 2.78. The van der Waals surface area contributed by atoms with E-state index in [9.17, 15) is 14.7 Å². The second kappa shape index (κ2) is 6.87. The molecule has 2 unspecified atom stereocenters. The highest BCUT2D eigenvalue weighted by Gasteiger charge is 2.39. The van der Waals surface area contributed by atoms with Crippen molar-refractivity contribution in [3.63, 3.8) is 0 Å². The van der Waals surface area contributed by atoms with Crippen molar-refractivity contribution in [1.82, 2.24) is 24.4 Å². The zero-order valence-corrected chi connectivity index (χ0v) is 16.3. The largest absolute Gasteiger partial charge is 0.396 e. The molecule has 0 spiro atoms. The third-order valence-corrected chi connectivity index (χ3v) is 6.36. The fraction of sp³-hybridized carbons (Fsp3) is 0.579. The number of piperidine rings is 1. The Kier molecular flexibility index (Phi) is 4.30. The number of nitrogens with one attached hydrogen (secondary N) is 2. The lowest BCUT2D eigenvalue weighted by Crippen LogP contribution is -2.48. The molecule has 10 heteroatoms. The number of rotatable bonds is 2. The number of aliphatic hydroxyl groups is 1. The van der Waals surface area contributed by atoms with Crippen LogP contribution >= 0.6 is 0 Å². The topological polar surface area (TPSA) is 115 Å². The minimum Gasteiger partial charge on any atom is -0.396 e. The molecule has 5 heterocycles. The molecule has 0 aliphatic carbocycles. The number of aliphatic hydroxyl groups excluding tert-OH is 1. The molecule has 2 saturated heterocycles.